The molecule has 0 saturated heterocycles. The van der Waals surface area contributed by atoms with Gasteiger partial charge in [0.25, 0.3) is 5.91 Å². The number of ether oxygens (including phenoxy) is 2. The van der Waals surface area contributed by atoms with Crippen molar-refractivity contribution in [3.05, 3.63) is 71.3 Å². The number of primary amides is 1. The molecule has 2 aliphatic rings. The SMILES string of the molecule is COc1cc(C(=O)NC[C@](O)(c2cc(CC(N)=O)c(OCC3CC3)c(-c3ccc(F)cc3)n2)C(F)(F)F)cc2cn(C3CC3)nc12. The number of amides is 2. The molecule has 2 heterocycles. The summed E-state index contributed by atoms with van der Waals surface area (Å²) < 4.78 is 71.1. The molecule has 2 aromatic carbocycles. The molecule has 0 spiro atoms. The van der Waals surface area contributed by atoms with Gasteiger partial charge in [0.05, 0.1) is 38.4 Å². The predicted octanol–water partition coefficient (Wildman–Crippen LogP) is 4.58. The van der Waals surface area contributed by atoms with E-state index in [9.17, 15) is 32.3 Å². The average Bonchev–Trinajstić information content (AvgIpc) is 3.95. The topological polar surface area (TPSA) is 142 Å². The first kappa shape index (κ1) is 31.3. The Bertz CT molecular complexity index is 1800. The Labute approximate surface area is 260 Å². The Morgan fingerprint density at radius 1 is 1.11 bits per heavy atom. The number of hydrogen-bond acceptors (Lipinski definition) is 7. The number of fused-ring (bicyclic) bond motifs is 1. The number of aliphatic hydroxyl groups is 1. The molecule has 2 aliphatic carbocycles. The molecule has 46 heavy (non-hydrogen) atoms. The van der Waals surface area contributed by atoms with Crippen molar-refractivity contribution >= 4 is 22.7 Å². The Morgan fingerprint density at radius 2 is 1.83 bits per heavy atom. The zero-order valence-corrected chi connectivity index (χ0v) is 24.7. The minimum Gasteiger partial charge on any atom is -0.494 e. The van der Waals surface area contributed by atoms with Gasteiger partial charge >= 0.3 is 6.18 Å². The van der Waals surface area contributed by atoms with E-state index in [1.54, 1.807) is 10.9 Å². The van der Waals surface area contributed by atoms with Gasteiger partial charge in [0.15, 0.2) is 0 Å². The van der Waals surface area contributed by atoms with Crippen molar-refractivity contribution in [2.45, 2.75) is 49.9 Å². The maximum absolute atomic E-state index is 14.8. The first-order chi connectivity index (χ1) is 21.9. The number of hydrogen-bond donors (Lipinski definition) is 3. The van der Waals surface area contributed by atoms with Crippen LogP contribution in [0.1, 0.15) is 53.3 Å². The van der Waals surface area contributed by atoms with Gasteiger partial charge in [-0.25, -0.2) is 9.37 Å². The fourth-order valence-corrected chi connectivity index (χ4v) is 5.15. The van der Waals surface area contributed by atoms with E-state index >= 15 is 0 Å². The molecule has 0 aliphatic heterocycles. The third-order valence-electron chi connectivity index (χ3n) is 8.08. The van der Waals surface area contributed by atoms with E-state index in [0.29, 0.717) is 10.9 Å². The summed E-state index contributed by atoms with van der Waals surface area (Å²) >= 11 is 0. The molecule has 0 radical (unpaired) electrons. The smallest absolute Gasteiger partial charge is 0.424 e. The van der Waals surface area contributed by atoms with Crippen molar-refractivity contribution in [1.82, 2.24) is 20.1 Å². The predicted molar refractivity (Wildman–Crippen MR) is 158 cm³/mol. The molecule has 0 bridgehead atoms. The molecule has 14 heteroatoms. The molecule has 4 aromatic rings. The lowest BCUT2D eigenvalue weighted by atomic mass is 9.93. The third-order valence-corrected chi connectivity index (χ3v) is 8.08. The van der Waals surface area contributed by atoms with Crippen molar-refractivity contribution in [1.29, 1.82) is 0 Å². The van der Waals surface area contributed by atoms with Crippen LogP contribution >= 0.6 is 0 Å². The second kappa shape index (κ2) is 11.9. The number of nitrogens with two attached hydrogens (primary N) is 1. The highest BCUT2D eigenvalue weighted by Gasteiger charge is 2.57. The zero-order chi connectivity index (χ0) is 32.8. The van der Waals surface area contributed by atoms with Crippen molar-refractivity contribution < 1.29 is 41.7 Å². The lowest BCUT2D eigenvalue weighted by molar-refractivity contribution is -0.265. The highest BCUT2D eigenvalue weighted by Crippen LogP contribution is 2.43. The second-order valence-electron chi connectivity index (χ2n) is 11.7. The fourth-order valence-electron chi connectivity index (χ4n) is 5.15. The molecule has 2 amide bonds. The minimum absolute atomic E-state index is 0.00163. The van der Waals surface area contributed by atoms with Crippen LogP contribution in [0.3, 0.4) is 0 Å². The molecule has 6 rings (SSSR count). The Hall–Kier alpha value is -4.72. The maximum Gasteiger partial charge on any atom is 0.424 e. The number of pyridine rings is 1. The molecule has 2 fully saturated rings. The Kier molecular flexibility index (Phi) is 8.09. The van der Waals surface area contributed by atoms with E-state index in [4.69, 9.17) is 15.2 Å². The van der Waals surface area contributed by atoms with E-state index in [1.165, 1.54) is 31.4 Å². The van der Waals surface area contributed by atoms with Crippen LogP contribution in [0, 0.1) is 11.7 Å². The number of halogens is 4. The fraction of sp³-hybridized carbons (Fsp3) is 0.375. The van der Waals surface area contributed by atoms with Crippen LogP contribution < -0.4 is 20.5 Å². The summed E-state index contributed by atoms with van der Waals surface area (Å²) in [5.41, 5.74) is 1.29. The van der Waals surface area contributed by atoms with Gasteiger partial charge in [0, 0.05) is 28.3 Å². The average molecular weight is 642 g/mol. The molecule has 10 nitrogen and oxygen atoms in total. The molecule has 4 N–H and O–H groups in total. The van der Waals surface area contributed by atoms with Crippen LogP contribution in [-0.4, -0.2) is 58.1 Å². The van der Waals surface area contributed by atoms with Crippen LogP contribution in [0.4, 0.5) is 17.6 Å². The number of benzene rings is 2. The van der Waals surface area contributed by atoms with Gasteiger partial charge in [-0.15, -0.1) is 0 Å². The monoisotopic (exact) mass is 641 g/mol. The van der Waals surface area contributed by atoms with Gasteiger partial charge in [-0.3, -0.25) is 14.3 Å². The molecule has 2 aromatic heterocycles. The zero-order valence-electron chi connectivity index (χ0n) is 24.7. The summed E-state index contributed by atoms with van der Waals surface area (Å²) in [7, 11) is 1.39. The number of nitrogens with zero attached hydrogens (tertiary/aromatic N) is 3. The number of aromatic nitrogens is 3. The number of methoxy groups -OCH3 is 1. The van der Waals surface area contributed by atoms with Crippen LogP contribution in [0.5, 0.6) is 11.5 Å². The van der Waals surface area contributed by atoms with E-state index in [2.05, 4.69) is 15.4 Å². The van der Waals surface area contributed by atoms with Crippen LogP contribution in [0.15, 0.2) is 48.7 Å². The second-order valence-corrected chi connectivity index (χ2v) is 11.7. The summed E-state index contributed by atoms with van der Waals surface area (Å²) in [5.74, 6) is -1.88. The summed E-state index contributed by atoms with van der Waals surface area (Å²) in [6, 6.07) is 8.76. The highest BCUT2D eigenvalue weighted by atomic mass is 19.4. The van der Waals surface area contributed by atoms with Gasteiger partial charge in [-0.2, -0.15) is 18.3 Å². The van der Waals surface area contributed by atoms with Crippen LogP contribution in [0.25, 0.3) is 22.2 Å². The number of rotatable bonds is 12. The molecule has 242 valence electrons. The summed E-state index contributed by atoms with van der Waals surface area (Å²) in [6.07, 6.45) is -0.405. The van der Waals surface area contributed by atoms with Gasteiger partial charge in [-0.05, 0) is 74.1 Å². The van der Waals surface area contributed by atoms with Gasteiger partial charge in [0.2, 0.25) is 11.5 Å². The summed E-state index contributed by atoms with van der Waals surface area (Å²) in [4.78, 5) is 29.4. The largest absolute Gasteiger partial charge is 0.494 e. The normalized spacial score (nSPS) is 16.2. The first-order valence-corrected chi connectivity index (χ1v) is 14.7. The maximum atomic E-state index is 14.8. The molecular formula is C32H31F4N5O5. The lowest BCUT2D eigenvalue weighted by Crippen LogP contribution is -2.51. The minimum atomic E-state index is -5.35. The standard InChI is InChI=1S/C32H31F4N5O5/c1-45-24-11-20(10-21-14-41(23-8-9-23)40-27(21)24)30(43)38-16-31(44,32(34,35)36)25-12-19(13-26(37)42)29(46-15-17-2-3-17)28(39-25)18-4-6-22(33)7-5-18/h4-7,10-12,14,17,23,44H,2-3,8-9,13,15-16H2,1H3,(H2,37,42)(H,38,43)/t31-/m0/s1. The van der Waals surface area contributed by atoms with Gasteiger partial charge < -0.3 is 25.6 Å². The van der Waals surface area contributed by atoms with Crippen molar-refractivity contribution in [2.24, 2.45) is 11.7 Å². The van der Waals surface area contributed by atoms with Crippen LogP contribution in [-0.2, 0) is 16.8 Å². The van der Waals surface area contributed by atoms with E-state index < -0.39 is 48.1 Å². The molecule has 0 unspecified atom stereocenters. The van der Waals surface area contributed by atoms with E-state index in [1.807, 2.05) is 0 Å². The van der Waals surface area contributed by atoms with Crippen molar-refractivity contribution in [3.8, 4) is 22.8 Å². The highest BCUT2D eigenvalue weighted by molar-refractivity contribution is 6.00. The van der Waals surface area contributed by atoms with Gasteiger partial charge in [0.1, 0.15) is 28.5 Å². The number of nitrogens with one attached hydrogen (secondary N) is 1. The van der Waals surface area contributed by atoms with Crippen molar-refractivity contribution in [3.63, 3.8) is 0 Å². The lowest BCUT2D eigenvalue weighted by Gasteiger charge is -2.31. The van der Waals surface area contributed by atoms with E-state index in [0.717, 1.165) is 43.9 Å². The van der Waals surface area contributed by atoms with E-state index in [-0.39, 0.29) is 52.4 Å². The quantitative estimate of drug-likeness (QED) is 0.192. The number of carbonyl (C=O) groups excluding carboxylic acids is 2. The Morgan fingerprint density at radius 3 is 2.43 bits per heavy atom. The molecule has 1 atom stereocenters. The number of alkyl halides is 3. The summed E-state index contributed by atoms with van der Waals surface area (Å²) in [5, 5.41) is 18.5. The van der Waals surface area contributed by atoms with Crippen molar-refractivity contribution in [2.75, 3.05) is 20.3 Å². The van der Waals surface area contributed by atoms with Gasteiger partial charge in [-0.1, -0.05) is 0 Å². The summed E-state index contributed by atoms with van der Waals surface area (Å²) in [6.45, 7) is -1.11. The third kappa shape index (κ3) is 6.34. The molecule has 2 saturated carbocycles. The number of carbonyl (C=O) groups is 2. The Balaban J connectivity index is 1.38. The first-order valence-electron chi connectivity index (χ1n) is 14.7. The molecular weight excluding hydrogens is 610 g/mol. The van der Waals surface area contributed by atoms with Crippen LogP contribution in [0.2, 0.25) is 0 Å².